The molecule has 0 aliphatic heterocycles. The number of carbonyl (C=O) groups excluding carboxylic acids is 1. The Hall–Kier alpha value is -2.00. The van der Waals surface area contributed by atoms with Crippen LogP contribution in [0.3, 0.4) is 0 Å². The summed E-state index contributed by atoms with van der Waals surface area (Å²) in [6.07, 6.45) is 0.467. The van der Waals surface area contributed by atoms with E-state index in [1.54, 1.807) is 11.3 Å². The molecule has 0 aliphatic rings. The number of fused-ring (bicyclic) bond motifs is 1. The number of benzene rings is 1. The summed E-state index contributed by atoms with van der Waals surface area (Å²) in [4.78, 5) is 16.6. The highest BCUT2D eigenvalue weighted by Crippen LogP contribution is 2.17. The number of nitrogens with zero attached hydrogens (tertiary/aromatic N) is 1. The predicted octanol–water partition coefficient (Wildman–Crippen LogP) is 4.03. The number of Topliss-reactive ketones (excluding diaryl/α,β-unsaturated/α-hetero) is 1. The lowest BCUT2D eigenvalue weighted by Crippen LogP contribution is -2.02. The van der Waals surface area contributed by atoms with E-state index in [9.17, 15) is 4.79 Å². The number of carbonyl (C=O) groups is 1. The van der Waals surface area contributed by atoms with Gasteiger partial charge < -0.3 is 0 Å². The first-order valence-corrected chi connectivity index (χ1v) is 7.08. The average Bonchev–Trinajstić information content (AvgIpc) is 2.91. The number of hydrogen-bond acceptors (Lipinski definition) is 3. The Balaban J connectivity index is 1.92. The summed E-state index contributed by atoms with van der Waals surface area (Å²) < 4.78 is 0. The fourth-order valence-corrected chi connectivity index (χ4v) is 2.75. The summed E-state index contributed by atoms with van der Waals surface area (Å²) >= 11 is 1.62. The van der Waals surface area contributed by atoms with Gasteiger partial charge in [0.25, 0.3) is 0 Å². The molecule has 1 aromatic carbocycles. The van der Waals surface area contributed by atoms with Crippen molar-refractivity contribution in [3.63, 3.8) is 0 Å². The van der Waals surface area contributed by atoms with Gasteiger partial charge in [0.05, 0.1) is 5.52 Å². The Labute approximate surface area is 115 Å². The van der Waals surface area contributed by atoms with Gasteiger partial charge in [0.15, 0.2) is 5.78 Å². The van der Waals surface area contributed by atoms with E-state index in [1.165, 1.54) is 0 Å². The molecule has 0 radical (unpaired) electrons. The van der Waals surface area contributed by atoms with Gasteiger partial charge in [-0.05, 0) is 53.6 Å². The first-order valence-electron chi connectivity index (χ1n) is 6.14. The molecule has 3 heteroatoms. The van der Waals surface area contributed by atoms with E-state index in [1.807, 2.05) is 54.1 Å². The van der Waals surface area contributed by atoms with Crippen LogP contribution in [0, 0.1) is 6.92 Å². The van der Waals surface area contributed by atoms with Crippen LogP contribution in [0.1, 0.15) is 21.6 Å². The van der Waals surface area contributed by atoms with Crippen molar-refractivity contribution in [1.29, 1.82) is 0 Å². The Morgan fingerprint density at radius 2 is 2.11 bits per heavy atom. The smallest absolute Gasteiger partial charge is 0.167 e. The molecular formula is C16H13NOS. The number of pyridine rings is 1. The van der Waals surface area contributed by atoms with Gasteiger partial charge in [0.1, 0.15) is 0 Å². The lowest BCUT2D eigenvalue weighted by atomic mass is 10.0. The molecule has 19 heavy (non-hydrogen) atoms. The molecule has 3 aromatic rings. The van der Waals surface area contributed by atoms with Crippen LogP contribution in [-0.4, -0.2) is 10.8 Å². The molecule has 0 bridgehead atoms. The second-order valence-corrected chi connectivity index (χ2v) is 5.37. The van der Waals surface area contributed by atoms with Crippen LogP contribution in [0.25, 0.3) is 10.9 Å². The first kappa shape index (κ1) is 12.1. The lowest BCUT2D eigenvalue weighted by Gasteiger charge is -2.03. The van der Waals surface area contributed by atoms with Gasteiger partial charge in [-0.15, -0.1) is 0 Å². The summed E-state index contributed by atoms with van der Waals surface area (Å²) in [6, 6.07) is 11.7. The summed E-state index contributed by atoms with van der Waals surface area (Å²) in [5.41, 5.74) is 3.76. The Kier molecular flexibility index (Phi) is 3.13. The maximum Gasteiger partial charge on any atom is 0.167 e. The van der Waals surface area contributed by atoms with E-state index in [2.05, 4.69) is 4.98 Å². The second-order valence-electron chi connectivity index (χ2n) is 4.59. The molecule has 94 valence electrons. The summed E-state index contributed by atoms with van der Waals surface area (Å²) in [6.45, 7) is 1.97. The molecule has 2 aromatic heterocycles. The van der Waals surface area contributed by atoms with E-state index in [0.29, 0.717) is 6.42 Å². The van der Waals surface area contributed by atoms with E-state index < -0.39 is 0 Å². The monoisotopic (exact) mass is 267 g/mol. The minimum Gasteiger partial charge on any atom is -0.294 e. The Bertz CT molecular complexity index is 732. The fraction of sp³-hybridized carbons (Fsp3) is 0.125. The molecule has 0 saturated carbocycles. The third kappa shape index (κ3) is 2.56. The maximum absolute atomic E-state index is 12.2. The molecule has 0 saturated heterocycles. The van der Waals surface area contributed by atoms with Gasteiger partial charge in [-0.25, -0.2) is 0 Å². The summed E-state index contributed by atoms with van der Waals surface area (Å²) in [7, 11) is 0. The Morgan fingerprint density at radius 1 is 1.21 bits per heavy atom. The van der Waals surface area contributed by atoms with Crippen LogP contribution >= 0.6 is 11.3 Å². The van der Waals surface area contributed by atoms with Gasteiger partial charge in [0, 0.05) is 23.1 Å². The zero-order valence-electron chi connectivity index (χ0n) is 10.6. The zero-order valence-corrected chi connectivity index (χ0v) is 11.4. The number of rotatable bonds is 3. The van der Waals surface area contributed by atoms with Crippen LogP contribution in [-0.2, 0) is 6.42 Å². The van der Waals surface area contributed by atoms with Crippen molar-refractivity contribution in [2.75, 3.05) is 0 Å². The number of aromatic nitrogens is 1. The van der Waals surface area contributed by atoms with Crippen molar-refractivity contribution >= 4 is 28.0 Å². The topological polar surface area (TPSA) is 30.0 Å². The predicted molar refractivity (Wildman–Crippen MR) is 78.8 cm³/mol. The Morgan fingerprint density at radius 3 is 2.89 bits per heavy atom. The van der Waals surface area contributed by atoms with Crippen molar-refractivity contribution in [2.24, 2.45) is 0 Å². The fourth-order valence-electron chi connectivity index (χ4n) is 2.08. The number of ketones is 1. The first-order chi connectivity index (χ1) is 9.22. The van der Waals surface area contributed by atoms with E-state index >= 15 is 0 Å². The molecule has 3 rings (SSSR count). The van der Waals surface area contributed by atoms with Gasteiger partial charge in [-0.2, -0.15) is 11.3 Å². The van der Waals surface area contributed by atoms with Crippen molar-refractivity contribution in [2.45, 2.75) is 13.3 Å². The van der Waals surface area contributed by atoms with Gasteiger partial charge in [0.2, 0.25) is 0 Å². The quantitative estimate of drug-likeness (QED) is 0.671. The van der Waals surface area contributed by atoms with Crippen LogP contribution in [0.4, 0.5) is 0 Å². The molecular weight excluding hydrogens is 254 g/mol. The number of aryl methyl sites for hydroxylation is 1. The zero-order chi connectivity index (χ0) is 13.2. The second kappa shape index (κ2) is 4.94. The molecule has 0 spiro atoms. The van der Waals surface area contributed by atoms with E-state index in [4.69, 9.17) is 0 Å². The van der Waals surface area contributed by atoms with Crippen molar-refractivity contribution in [3.05, 3.63) is 64.0 Å². The molecule has 0 N–H and O–H groups in total. The molecule has 2 heterocycles. The molecule has 0 fully saturated rings. The molecule has 0 unspecified atom stereocenters. The summed E-state index contributed by atoms with van der Waals surface area (Å²) in [5.74, 6) is 0.154. The number of thiophene rings is 1. The molecule has 0 aliphatic carbocycles. The molecule has 0 amide bonds. The van der Waals surface area contributed by atoms with Gasteiger partial charge >= 0.3 is 0 Å². The van der Waals surface area contributed by atoms with Crippen molar-refractivity contribution in [1.82, 2.24) is 4.98 Å². The number of hydrogen-bond donors (Lipinski definition) is 0. The highest BCUT2D eigenvalue weighted by molar-refractivity contribution is 7.08. The van der Waals surface area contributed by atoms with Crippen LogP contribution in [0.2, 0.25) is 0 Å². The van der Waals surface area contributed by atoms with Crippen molar-refractivity contribution < 1.29 is 4.79 Å². The van der Waals surface area contributed by atoms with Crippen LogP contribution < -0.4 is 0 Å². The normalized spacial score (nSPS) is 10.8. The van der Waals surface area contributed by atoms with Gasteiger partial charge in [-0.1, -0.05) is 6.07 Å². The third-order valence-electron chi connectivity index (χ3n) is 3.10. The minimum atomic E-state index is 0.154. The largest absolute Gasteiger partial charge is 0.294 e. The van der Waals surface area contributed by atoms with Crippen molar-refractivity contribution in [3.8, 4) is 0 Å². The van der Waals surface area contributed by atoms with Crippen LogP contribution in [0.15, 0.2) is 47.2 Å². The molecule has 2 nitrogen and oxygen atoms in total. The maximum atomic E-state index is 12.2. The SMILES string of the molecule is Cc1ccc2cc(C(=O)Cc3ccsc3)ccc2n1. The molecule has 0 atom stereocenters. The highest BCUT2D eigenvalue weighted by Gasteiger charge is 2.08. The summed E-state index contributed by atoms with van der Waals surface area (Å²) in [5, 5.41) is 5.03. The third-order valence-corrected chi connectivity index (χ3v) is 3.83. The standard InChI is InChI=1S/C16H13NOS/c1-11-2-3-13-9-14(4-5-15(13)17-11)16(18)8-12-6-7-19-10-12/h2-7,9-10H,8H2,1H3. The van der Waals surface area contributed by atoms with Crippen LogP contribution in [0.5, 0.6) is 0 Å². The average molecular weight is 267 g/mol. The van der Waals surface area contributed by atoms with Gasteiger partial charge in [-0.3, -0.25) is 9.78 Å². The lowest BCUT2D eigenvalue weighted by molar-refractivity contribution is 0.0993. The highest BCUT2D eigenvalue weighted by atomic mass is 32.1. The van der Waals surface area contributed by atoms with E-state index in [-0.39, 0.29) is 5.78 Å². The minimum absolute atomic E-state index is 0.154. The van der Waals surface area contributed by atoms with E-state index in [0.717, 1.165) is 27.7 Å².